The summed E-state index contributed by atoms with van der Waals surface area (Å²) >= 11 is 0. The first-order chi connectivity index (χ1) is 10.8. The van der Waals surface area contributed by atoms with Crippen LogP contribution in [0.25, 0.3) is 0 Å². The summed E-state index contributed by atoms with van der Waals surface area (Å²) in [5, 5.41) is 2.65. The van der Waals surface area contributed by atoms with E-state index in [0.717, 1.165) is 4.31 Å². The van der Waals surface area contributed by atoms with Crippen molar-refractivity contribution in [3.05, 3.63) is 41.9 Å². The first-order valence-corrected chi connectivity index (χ1v) is 8.17. The van der Waals surface area contributed by atoms with E-state index in [4.69, 9.17) is 9.15 Å². The van der Waals surface area contributed by atoms with Gasteiger partial charge in [-0.1, -0.05) is 0 Å². The number of sulfonamides is 1. The van der Waals surface area contributed by atoms with Crippen LogP contribution in [0, 0.1) is 6.92 Å². The van der Waals surface area contributed by atoms with Crippen molar-refractivity contribution in [3.8, 4) is 5.75 Å². The molecule has 1 aromatic carbocycles. The number of furan rings is 1. The van der Waals surface area contributed by atoms with Crippen LogP contribution in [0.5, 0.6) is 5.75 Å². The fourth-order valence-electron chi connectivity index (χ4n) is 1.97. The second-order valence-electron chi connectivity index (χ2n) is 4.99. The molecular weight excluding hydrogens is 320 g/mol. The molecule has 0 saturated carbocycles. The summed E-state index contributed by atoms with van der Waals surface area (Å²) in [6, 6.07) is 5.82. The number of ether oxygens (including phenoxy) is 1. The van der Waals surface area contributed by atoms with E-state index >= 15 is 0 Å². The molecule has 2 rings (SSSR count). The Kier molecular flexibility index (Phi) is 4.76. The molecule has 0 unspecified atom stereocenters. The number of nitrogens with zero attached hydrogens (tertiary/aromatic N) is 1. The quantitative estimate of drug-likeness (QED) is 0.902. The topological polar surface area (TPSA) is 88.9 Å². The van der Waals surface area contributed by atoms with Crippen molar-refractivity contribution in [2.24, 2.45) is 0 Å². The molecule has 1 amide bonds. The summed E-state index contributed by atoms with van der Waals surface area (Å²) in [6.45, 7) is 1.67. The smallest absolute Gasteiger partial charge is 0.259 e. The summed E-state index contributed by atoms with van der Waals surface area (Å²) < 4.78 is 35.8. The van der Waals surface area contributed by atoms with Crippen molar-refractivity contribution >= 4 is 21.6 Å². The number of hydrogen-bond donors (Lipinski definition) is 1. The molecule has 2 aromatic rings. The molecule has 0 aliphatic carbocycles. The van der Waals surface area contributed by atoms with Crippen molar-refractivity contribution in [2.75, 3.05) is 26.5 Å². The zero-order valence-electron chi connectivity index (χ0n) is 13.3. The molecule has 8 heteroatoms. The van der Waals surface area contributed by atoms with Gasteiger partial charge in [-0.05, 0) is 31.2 Å². The van der Waals surface area contributed by atoms with Crippen LogP contribution in [0.1, 0.15) is 16.1 Å². The van der Waals surface area contributed by atoms with Gasteiger partial charge >= 0.3 is 0 Å². The minimum atomic E-state index is -3.61. The number of rotatable bonds is 5. The van der Waals surface area contributed by atoms with Gasteiger partial charge in [0, 0.05) is 14.1 Å². The van der Waals surface area contributed by atoms with E-state index in [1.54, 1.807) is 6.92 Å². The maximum atomic E-state index is 12.3. The van der Waals surface area contributed by atoms with Crippen molar-refractivity contribution < 1.29 is 22.4 Å². The number of amides is 1. The maximum Gasteiger partial charge on any atom is 0.259 e. The summed E-state index contributed by atoms with van der Waals surface area (Å²) in [5.41, 5.74) is 0.633. The highest BCUT2D eigenvalue weighted by Crippen LogP contribution is 2.29. The van der Waals surface area contributed by atoms with Crippen LogP contribution in [-0.4, -0.2) is 39.8 Å². The molecule has 1 aromatic heterocycles. The van der Waals surface area contributed by atoms with E-state index in [9.17, 15) is 13.2 Å². The molecule has 0 saturated heterocycles. The fraction of sp³-hybridized carbons (Fsp3) is 0.267. The zero-order chi connectivity index (χ0) is 17.2. The minimum Gasteiger partial charge on any atom is -0.495 e. The lowest BCUT2D eigenvalue weighted by Gasteiger charge is -2.15. The molecule has 23 heavy (non-hydrogen) atoms. The fourth-order valence-corrected chi connectivity index (χ4v) is 2.89. The highest BCUT2D eigenvalue weighted by molar-refractivity contribution is 7.89. The Morgan fingerprint density at radius 1 is 1.26 bits per heavy atom. The van der Waals surface area contributed by atoms with Crippen LogP contribution in [0.4, 0.5) is 5.69 Å². The van der Waals surface area contributed by atoms with Crippen LogP contribution >= 0.6 is 0 Å². The number of carbonyl (C=O) groups is 1. The van der Waals surface area contributed by atoms with Gasteiger partial charge in [0.2, 0.25) is 10.0 Å². The molecule has 7 nitrogen and oxygen atoms in total. The van der Waals surface area contributed by atoms with Crippen LogP contribution in [-0.2, 0) is 10.0 Å². The van der Waals surface area contributed by atoms with Crippen molar-refractivity contribution in [3.63, 3.8) is 0 Å². The van der Waals surface area contributed by atoms with Gasteiger partial charge in [-0.2, -0.15) is 0 Å². The van der Waals surface area contributed by atoms with E-state index < -0.39 is 15.9 Å². The molecule has 1 N–H and O–H groups in total. The van der Waals surface area contributed by atoms with Gasteiger partial charge in [0.15, 0.2) is 0 Å². The Morgan fingerprint density at radius 2 is 1.96 bits per heavy atom. The predicted molar refractivity (Wildman–Crippen MR) is 85.3 cm³/mol. The normalized spacial score (nSPS) is 11.5. The largest absolute Gasteiger partial charge is 0.495 e. The van der Waals surface area contributed by atoms with Gasteiger partial charge in [0.1, 0.15) is 11.5 Å². The van der Waals surface area contributed by atoms with Gasteiger partial charge in [-0.15, -0.1) is 0 Å². The molecule has 1 heterocycles. The van der Waals surface area contributed by atoms with E-state index in [1.807, 2.05) is 0 Å². The van der Waals surface area contributed by atoms with Crippen molar-refractivity contribution in [1.82, 2.24) is 4.31 Å². The third-order valence-electron chi connectivity index (χ3n) is 3.30. The number of hydrogen-bond acceptors (Lipinski definition) is 5. The first kappa shape index (κ1) is 17.0. The minimum absolute atomic E-state index is 0.0579. The predicted octanol–water partition coefficient (Wildman–Crippen LogP) is 2.10. The summed E-state index contributed by atoms with van der Waals surface area (Å²) in [5.74, 6) is 0.421. The van der Waals surface area contributed by atoms with Gasteiger partial charge in [-0.3, -0.25) is 4.79 Å². The van der Waals surface area contributed by atoms with Gasteiger partial charge in [-0.25, -0.2) is 12.7 Å². The summed E-state index contributed by atoms with van der Waals surface area (Å²) in [4.78, 5) is 12.3. The second kappa shape index (κ2) is 6.43. The number of carbonyl (C=O) groups excluding carboxylic acids is 1. The van der Waals surface area contributed by atoms with Crippen LogP contribution < -0.4 is 10.1 Å². The molecule has 0 aliphatic rings. The standard InChI is InChI=1S/C15H18N2O5S/c1-10-12(7-8-22-10)15(18)16-13-9-11(5-6-14(13)21-4)23(19,20)17(2)3/h5-9H,1-4H3,(H,16,18). The average molecular weight is 338 g/mol. The van der Waals surface area contributed by atoms with E-state index in [-0.39, 0.29) is 10.6 Å². The van der Waals surface area contributed by atoms with Gasteiger partial charge < -0.3 is 14.5 Å². The molecule has 0 atom stereocenters. The molecular formula is C15H18N2O5S. The molecule has 0 fully saturated rings. The molecule has 124 valence electrons. The molecule has 0 aliphatic heterocycles. The molecule has 0 spiro atoms. The number of anilines is 1. The number of benzene rings is 1. The Morgan fingerprint density at radius 3 is 2.48 bits per heavy atom. The lowest BCUT2D eigenvalue weighted by atomic mass is 10.2. The monoisotopic (exact) mass is 338 g/mol. The van der Waals surface area contributed by atoms with Crippen molar-refractivity contribution in [1.29, 1.82) is 0 Å². The average Bonchev–Trinajstić information content (AvgIpc) is 2.93. The van der Waals surface area contributed by atoms with Crippen LogP contribution in [0.15, 0.2) is 39.8 Å². The summed E-state index contributed by atoms with van der Waals surface area (Å²) in [7, 11) is 0.699. The van der Waals surface area contributed by atoms with E-state index in [2.05, 4.69) is 5.32 Å². The Labute approximate surface area is 134 Å². The maximum absolute atomic E-state index is 12.3. The number of methoxy groups -OCH3 is 1. The Hall–Kier alpha value is -2.32. The Bertz CT molecular complexity index is 824. The third-order valence-corrected chi connectivity index (χ3v) is 5.11. The van der Waals surface area contributed by atoms with Crippen LogP contribution in [0.3, 0.4) is 0 Å². The number of nitrogens with one attached hydrogen (secondary N) is 1. The van der Waals surface area contributed by atoms with E-state index in [1.165, 1.54) is 51.7 Å². The van der Waals surface area contributed by atoms with E-state index in [0.29, 0.717) is 17.1 Å². The number of aryl methyl sites for hydroxylation is 1. The van der Waals surface area contributed by atoms with Gasteiger partial charge in [0.05, 0.1) is 29.5 Å². The lowest BCUT2D eigenvalue weighted by molar-refractivity contribution is 0.102. The Balaban J connectivity index is 2.41. The lowest BCUT2D eigenvalue weighted by Crippen LogP contribution is -2.22. The first-order valence-electron chi connectivity index (χ1n) is 6.73. The highest BCUT2D eigenvalue weighted by Gasteiger charge is 2.20. The SMILES string of the molecule is COc1ccc(S(=O)(=O)N(C)C)cc1NC(=O)c1ccoc1C. The molecule has 0 radical (unpaired) electrons. The zero-order valence-corrected chi connectivity index (χ0v) is 14.1. The van der Waals surface area contributed by atoms with Crippen LogP contribution in [0.2, 0.25) is 0 Å². The molecule has 0 bridgehead atoms. The summed E-state index contributed by atoms with van der Waals surface area (Å²) in [6.07, 6.45) is 1.41. The third kappa shape index (κ3) is 3.38. The second-order valence-corrected chi connectivity index (χ2v) is 7.15. The van der Waals surface area contributed by atoms with Crippen molar-refractivity contribution in [2.45, 2.75) is 11.8 Å². The van der Waals surface area contributed by atoms with Gasteiger partial charge in [0.25, 0.3) is 5.91 Å². The highest BCUT2D eigenvalue weighted by atomic mass is 32.2.